The first kappa shape index (κ1) is 17.0. The Hall–Kier alpha value is -2.45. The zero-order chi connectivity index (χ0) is 18.1. The van der Waals surface area contributed by atoms with E-state index in [1.165, 1.54) is 4.70 Å². The number of fused-ring (bicyclic) bond motifs is 1. The van der Waals surface area contributed by atoms with Gasteiger partial charge in [-0.2, -0.15) is 0 Å². The number of methoxy groups -OCH3 is 1. The Morgan fingerprint density at radius 3 is 2.77 bits per heavy atom. The van der Waals surface area contributed by atoms with Crippen molar-refractivity contribution >= 4 is 32.6 Å². The molecule has 1 aliphatic heterocycles. The average molecular weight is 372 g/mol. The number of carbonyl (C=O) groups excluding carboxylic acids is 1. The highest BCUT2D eigenvalue weighted by atomic mass is 32.1. The summed E-state index contributed by atoms with van der Waals surface area (Å²) in [6.07, 6.45) is 0. The van der Waals surface area contributed by atoms with Gasteiger partial charge in [0.25, 0.3) is 5.91 Å². The summed E-state index contributed by atoms with van der Waals surface area (Å²) in [6, 6.07) is 8.14. The summed E-state index contributed by atoms with van der Waals surface area (Å²) in [7, 11) is 1.59. The van der Waals surface area contributed by atoms with Crippen molar-refractivity contribution in [3.8, 4) is 0 Å². The Morgan fingerprint density at radius 1 is 1.27 bits per heavy atom. The van der Waals surface area contributed by atoms with Crippen LogP contribution in [0.25, 0.3) is 10.2 Å². The monoisotopic (exact) mass is 372 g/mol. The van der Waals surface area contributed by atoms with Gasteiger partial charge in [0.2, 0.25) is 0 Å². The molecule has 136 valence electrons. The third-order valence-electron chi connectivity index (χ3n) is 4.60. The van der Waals surface area contributed by atoms with Gasteiger partial charge in [-0.25, -0.2) is 4.98 Å². The fourth-order valence-corrected chi connectivity index (χ4v) is 4.14. The van der Waals surface area contributed by atoms with E-state index in [9.17, 15) is 4.79 Å². The molecule has 8 heteroatoms. The van der Waals surface area contributed by atoms with Gasteiger partial charge in [0.15, 0.2) is 10.8 Å². The van der Waals surface area contributed by atoms with E-state index in [4.69, 9.17) is 14.2 Å². The highest BCUT2D eigenvalue weighted by Gasteiger charge is 2.28. The molecule has 0 atom stereocenters. The number of piperazine rings is 1. The lowest BCUT2D eigenvalue weighted by molar-refractivity contribution is 0.0732. The summed E-state index contributed by atoms with van der Waals surface area (Å²) in [5.41, 5.74) is 2.11. The average Bonchev–Trinajstić information content (AvgIpc) is 3.26. The maximum absolute atomic E-state index is 12.8. The Labute approximate surface area is 155 Å². The molecule has 0 spiro atoms. The molecular weight excluding hydrogens is 352 g/mol. The van der Waals surface area contributed by atoms with Gasteiger partial charge in [0, 0.05) is 33.3 Å². The molecular formula is C18H20N4O3S. The van der Waals surface area contributed by atoms with E-state index >= 15 is 0 Å². The third-order valence-corrected chi connectivity index (χ3v) is 5.69. The van der Waals surface area contributed by atoms with Crippen LogP contribution in [0, 0.1) is 6.92 Å². The molecule has 3 aromatic rings. The molecule has 7 nitrogen and oxygen atoms in total. The van der Waals surface area contributed by atoms with Crippen LogP contribution in [0.1, 0.15) is 21.8 Å². The van der Waals surface area contributed by atoms with Crippen LogP contribution in [0.4, 0.5) is 5.13 Å². The van der Waals surface area contributed by atoms with E-state index in [-0.39, 0.29) is 5.91 Å². The summed E-state index contributed by atoms with van der Waals surface area (Å²) in [6.45, 7) is 4.88. The topological polar surface area (TPSA) is 71.7 Å². The summed E-state index contributed by atoms with van der Waals surface area (Å²) >= 11 is 1.69. The van der Waals surface area contributed by atoms with Crippen molar-refractivity contribution < 1.29 is 14.1 Å². The number of hydrogen-bond acceptors (Lipinski definition) is 7. The first-order chi connectivity index (χ1) is 12.7. The second-order valence-electron chi connectivity index (χ2n) is 6.24. The number of amides is 1. The van der Waals surface area contributed by atoms with Gasteiger partial charge in [-0.1, -0.05) is 28.6 Å². The first-order valence-corrected chi connectivity index (χ1v) is 9.33. The maximum atomic E-state index is 12.8. The Kier molecular flexibility index (Phi) is 4.60. The molecule has 0 radical (unpaired) electrons. The van der Waals surface area contributed by atoms with Crippen LogP contribution in [0.3, 0.4) is 0 Å². The van der Waals surface area contributed by atoms with Crippen LogP contribution in [0.5, 0.6) is 0 Å². The van der Waals surface area contributed by atoms with E-state index < -0.39 is 0 Å². The van der Waals surface area contributed by atoms with Crippen LogP contribution >= 0.6 is 11.3 Å². The van der Waals surface area contributed by atoms with Crippen LogP contribution in [0.2, 0.25) is 0 Å². The SMILES string of the molecule is COCc1c(C(=O)N2CCN(c3nc4ccccc4s3)CC2)noc1C. The number of anilines is 1. The molecule has 0 aliphatic carbocycles. The van der Waals surface area contributed by atoms with Crippen molar-refractivity contribution in [1.82, 2.24) is 15.0 Å². The number of aryl methyl sites for hydroxylation is 1. The molecule has 1 aromatic carbocycles. The van der Waals surface area contributed by atoms with Crippen LogP contribution in [0.15, 0.2) is 28.8 Å². The van der Waals surface area contributed by atoms with Gasteiger partial charge in [-0.3, -0.25) is 4.79 Å². The minimum atomic E-state index is -0.0992. The second-order valence-corrected chi connectivity index (χ2v) is 7.25. The number of nitrogens with zero attached hydrogens (tertiary/aromatic N) is 4. The smallest absolute Gasteiger partial charge is 0.276 e. The van der Waals surface area contributed by atoms with Crippen molar-refractivity contribution in [3.05, 3.63) is 41.3 Å². The number of thiazole rings is 1. The molecule has 2 aromatic heterocycles. The summed E-state index contributed by atoms with van der Waals surface area (Å²) in [5.74, 6) is 0.529. The standard InChI is InChI=1S/C18H20N4O3S/c1-12-13(11-24-2)16(20-25-12)17(23)21-7-9-22(10-8-21)18-19-14-5-3-4-6-15(14)26-18/h3-6H,7-11H2,1-2H3. The number of hydrogen-bond donors (Lipinski definition) is 0. The lowest BCUT2D eigenvalue weighted by Crippen LogP contribution is -2.49. The van der Waals surface area contributed by atoms with Crippen LogP contribution < -0.4 is 4.90 Å². The van der Waals surface area contributed by atoms with Crippen molar-refractivity contribution in [3.63, 3.8) is 0 Å². The Morgan fingerprint density at radius 2 is 2.04 bits per heavy atom. The second kappa shape index (κ2) is 7.05. The van der Waals surface area contributed by atoms with E-state index in [1.807, 2.05) is 23.1 Å². The number of para-hydroxylation sites is 1. The van der Waals surface area contributed by atoms with Gasteiger partial charge < -0.3 is 19.1 Å². The number of rotatable bonds is 4. The molecule has 1 aliphatic rings. The normalized spacial score (nSPS) is 15.0. The minimum Gasteiger partial charge on any atom is -0.380 e. The van der Waals surface area contributed by atoms with Crippen LogP contribution in [-0.4, -0.2) is 54.2 Å². The molecule has 0 bridgehead atoms. The third kappa shape index (κ3) is 3.06. The Bertz CT molecular complexity index is 895. The number of aromatic nitrogens is 2. The molecule has 0 unspecified atom stereocenters. The highest BCUT2D eigenvalue weighted by molar-refractivity contribution is 7.22. The van der Waals surface area contributed by atoms with Gasteiger partial charge in [0.05, 0.1) is 22.4 Å². The van der Waals surface area contributed by atoms with E-state index in [1.54, 1.807) is 25.4 Å². The van der Waals surface area contributed by atoms with Crippen molar-refractivity contribution in [2.24, 2.45) is 0 Å². The zero-order valence-electron chi connectivity index (χ0n) is 14.8. The molecule has 0 saturated carbocycles. The molecule has 1 amide bonds. The van der Waals surface area contributed by atoms with Gasteiger partial charge in [-0.05, 0) is 19.1 Å². The number of carbonyl (C=O) groups is 1. The fraction of sp³-hybridized carbons (Fsp3) is 0.389. The molecule has 26 heavy (non-hydrogen) atoms. The lowest BCUT2D eigenvalue weighted by Gasteiger charge is -2.34. The van der Waals surface area contributed by atoms with Gasteiger partial charge in [0.1, 0.15) is 5.76 Å². The van der Waals surface area contributed by atoms with Crippen molar-refractivity contribution in [2.75, 3.05) is 38.2 Å². The molecule has 3 heterocycles. The van der Waals surface area contributed by atoms with E-state index in [0.29, 0.717) is 31.2 Å². The predicted molar refractivity (Wildman–Crippen MR) is 99.7 cm³/mol. The van der Waals surface area contributed by atoms with Crippen molar-refractivity contribution in [1.29, 1.82) is 0 Å². The summed E-state index contributed by atoms with van der Waals surface area (Å²) < 4.78 is 11.5. The van der Waals surface area contributed by atoms with Gasteiger partial charge >= 0.3 is 0 Å². The van der Waals surface area contributed by atoms with E-state index in [0.717, 1.165) is 29.3 Å². The summed E-state index contributed by atoms with van der Waals surface area (Å²) in [4.78, 5) is 21.6. The number of ether oxygens (including phenoxy) is 1. The van der Waals surface area contributed by atoms with Crippen LogP contribution in [-0.2, 0) is 11.3 Å². The maximum Gasteiger partial charge on any atom is 0.276 e. The quantitative estimate of drug-likeness (QED) is 0.701. The zero-order valence-corrected chi connectivity index (χ0v) is 15.6. The fourth-order valence-electron chi connectivity index (χ4n) is 3.12. The van der Waals surface area contributed by atoms with Crippen molar-refractivity contribution in [2.45, 2.75) is 13.5 Å². The molecule has 1 fully saturated rings. The highest BCUT2D eigenvalue weighted by Crippen LogP contribution is 2.29. The lowest BCUT2D eigenvalue weighted by atomic mass is 10.1. The molecule has 4 rings (SSSR count). The van der Waals surface area contributed by atoms with Gasteiger partial charge in [-0.15, -0.1) is 0 Å². The van der Waals surface area contributed by atoms with E-state index in [2.05, 4.69) is 16.1 Å². The minimum absolute atomic E-state index is 0.0992. The number of benzene rings is 1. The predicted octanol–water partition coefficient (Wildman–Crippen LogP) is 2.70. The Balaban J connectivity index is 1.45. The molecule has 1 saturated heterocycles. The largest absolute Gasteiger partial charge is 0.380 e. The molecule has 0 N–H and O–H groups in total. The summed E-state index contributed by atoms with van der Waals surface area (Å²) in [5, 5.41) is 4.96. The first-order valence-electron chi connectivity index (χ1n) is 8.51.